The van der Waals surface area contributed by atoms with E-state index in [9.17, 15) is 4.79 Å². The standard InChI is InChI=1S/C14H19ClO2/c1-9-6-7-11(10(2)8-9)17-13(15)12(16)14(3,4)5/h6-8,13H,1-5H3. The van der Waals surface area contributed by atoms with Crippen LogP contribution in [0.5, 0.6) is 5.75 Å². The predicted octanol–water partition coefficient (Wildman–Crippen LogP) is 3.86. The second-order valence-electron chi connectivity index (χ2n) is 5.32. The summed E-state index contributed by atoms with van der Waals surface area (Å²) < 4.78 is 5.50. The van der Waals surface area contributed by atoms with Crippen LogP contribution < -0.4 is 4.74 Å². The van der Waals surface area contributed by atoms with Crippen molar-refractivity contribution in [2.75, 3.05) is 0 Å². The second-order valence-corrected chi connectivity index (χ2v) is 5.71. The first-order chi connectivity index (χ1) is 7.71. The van der Waals surface area contributed by atoms with Gasteiger partial charge in [-0.2, -0.15) is 0 Å². The lowest BCUT2D eigenvalue weighted by molar-refractivity contribution is -0.130. The van der Waals surface area contributed by atoms with Crippen LogP contribution >= 0.6 is 11.6 Å². The van der Waals surface area contributed by atoms with Crippen LogP contribution in [0.15, 0.2) is 18.2 Å². The van der Waals surface area contributed by atoms with Crippen LogP contribution in [0, 0.1) is 19.3 Å². The van der Waals surface area contributed by atoms with E-state index in [1.807, 2.05) is 52.8 Å². The van der Waals surface area contributed by atoms with Crippen molar-refractivity contribution in [3.8, 4) is 5.75 Å². The third-order valence-electron chi connectivity index (χ3n) is 2.51. The molecule has 0 saturated carbocycles. The molecule has 0 heterocycles. The van der Waals surface area contributed by atoms with Crippen molar-refractivity contribution < 1.29 is 9.53 Å². The van der Waals surface area contributed by atoms with E-state index in [-0.39, 0.29) is 5.78 Å². The van der Waals surface area contributed by atoms with Crippen molar-refractivity contribution in [1.82, 2.24) is 0 Å². The molecule has 1 atom stereocenters. The lowest BCUT2D eigenvalue weighted by Crippen LogP contribution is -2.32. The summed E-state index contributed by atoms with van der Waals surface area (Å²) in [5, 5.41) is 0. The molecule has 3 heteroatoms. The Morgan fingerprint density at radius 2 is 1.88 bits per heavy atom. The molecule has 0 fully saturated rings. The molecule has 0 aliphatic rings. The van der Waals surface area contributed by atoms with Crippen molar-refractivity contribution in [1.29, 1.82) is 0 Å². The smallest absolute Gasteiger partial charge is 0.230 e. The first-order valence-corrected chi connectivity index (χ1v) is 6.08. The fourth-order valence-electron chi connectivity index (χ4n) is 1.44. The Morgan fingerprint density at radius 1 is 1.29 bits per heavy atom. The highest BCUT2D eigenvalue weighted by Gasteiger charge is 2.29. The molecule has 1 rings (SSSR count). The maximum atomic E-state index is 11.9. The fraction of sp³-hybridized carbons (Fsp3) is 0.500. The first kappa shape index (κ1) is 14.0. The van der Waals surface area contributed by atoms with Gasteiger partial charge in [0.1, 0.15) is 5.75 Å². The van der Waals surface area contributed by atoms with Gasteiger partial charge < -0.3 is 4.74 Å². The van der Waals surface area contributed by atoms with E-state index in [0.717, 1.165) is 11.1 Å². The molecule has 2 nitrogen and oxygen atoms in total. The Kier molecular flexibility index (Phi) is 4.21. The molecule has 0 aromatic heterocycles. The Labute approximate surface area is 108 Å². The lowest BCUT2D eigenvalue weighted by atomic mass is 9.91. The van der Waals surface area contributed by atoms with E-state index in [2.05, 4.69) is 0 Å². The average Bonchev–Trinajstić information content (AvgIpc) is 2.19. The molecule has 0 aliphatic carbocycles. The first-order valence-electron chi connectivity index (χ1n) is 5.64. The Balaban J connectivity index is 2.81. The molecule has 0 radical (unpaired) electrons. The van der Waals surface area contributed by atoms with Crippen molar-refractivity contribution in [2.45, 2.75) is 40.2 Å². The predicted molar refractivity (Wildman–Crippen MR) is 70.6 cm³/mol. The minimum absolute atomic E-state index is 0.112. The van der Waals surface area contributed by atoms with Crippen molar-refractivity contribution >= 4 is 17.4 Å². The van der Waals surface area contributed by atoms with Crippen LogP contribution in [0.25, 0.3) is 0 Å². The SMILES string of the molecule is Cc1ccc(OC(Cl)C(=O)C(C)(C)C)c(C)c1. The number of rotatable bonds is 3. The number of hydrogen-bond acceptors (Lipinski definition) is 2. The Morgan fingerprint density at radius 3 is 2.35 bits per heavy atom. The highest BCUT2D eigenvalue weighted by molar-refractivity contribution is 6.30. The molecule has 0 bridgehead atoms. The fourth-order valence-corrected chi connectivity index (χ4v) is 1.86. The summed E-state index contributed by atoms with van der Waals surface area (Å²) in [7, 11) is 0. The molecule has 17 heavy (non-hydrogen) atoms. The Hall–Kier alpha value is -1.02. The Bertz CT molecular complexity index is 419. The zero-order valence-electron chi connectivity index (χ0n) is 11.0. The number of hydrogen-bond donors (Lipinski definition) is 0. The molecular weight excluding hydrogens is 236 g/mol. The van der Waals surface area contributed by atoms with E-state index in [4.69, 9.17) is 16.3 Å². The van der Waals surface area contributed by atoms with Crippen molar-refractivity contribution in [3.63, 3.8) is 0 Å². The van der Waals surface area contributed by atoms with Crippen LogP contribution in [0.3, 0.4) is 0 Å². The molecular formula is C14H19ClO2. The number of alkyl halides is 1. The van der Waals surface area contributed by atoms with E-state index >= 15 is 0 Å². The summed E-state index contributed by atoms with van der Waals surface area (Å²) in [4.78, 5) is 11.9. The summed E-state index contributed by atoms with van der Waals surface area (Å²) in [6.07, 6.45) is 0. The summed E-state index contributed by atoms with van der Waals surface area (Å²) in [5.41, 5.74) is 0.710. The van der Waals surface area contributed by atoms with Crippen molar-refractivity contribution in [3.05, 3.63) is 29.3 Å². The zero-order chi connectivity index (χ0) is 13.2. The minimum atomic E-state index is -0.934. The number of halogens is 1. The lowest BCUT2D eigenvalue weighted by Gasteiger charge is -2.21. The number of ether oxygens (including phenoxy) is 1. The number of Topliss-reactive ketones (excluding diaryl/α,β-unsaturated/α-hetero) is 1. The molecule has 0 aliphatic heterocycles. The maximum absolute atomic E-state index is 11.9. The van der Waals surface area contributed by atoms with Crippen molar-refractivity contribution in [2.24, 2.45) is 5.41 Å². The number of benzene rings is 1. The number of carbonyl (C=O) groups excluding carboxylic acids is 1. The summed E-state index contributed by atoms with van der Waals surface area (Å²) >= 11 is 5.99. The van der Waals surface area contributed by atoms with Crippen LogP contribution in [-0.4, -0.2) is 11.3 Å². The van der Waals surface area contributed by atoms with Crippen LogP contribution in [0.4, 0.5) is 0 Å². The molecule has 0 N–H and O–H groups in total. The van der Waals surface area contributed by atoms with Crippen LogP contribution in [0.1, 0.15) is 31.9 Å². The van der Waals surface area contributed by atoms with Crippen LogP contribution in [0.2, 0.25) is 0 Å². The molecule has 0 amide bonds. The maximum Gasteiger partial charge on any atom is 0.230 e. The van der Waals surface area contributed by atoms with E-state index in [1.54, 1.807) is 0 Å². The topological polar surface area (TPSA) is 26.3 Å². The third-order valence-corrected chi connectivity index (χ3v) is 2.79. The molecule has 0 saturated heterocycles. The van der Waals surface area contributed by atoms with Crippen LogP contribution in [-0.2, 0) is 4.79 Å². The van der Waals surface area contributed by atoms with Gasteiger partial charge in [0.15, 0.2) is 5.78 Å². The van der Waals surface area contributed by atoms with Gasteiger partial charge in [0.25, 0.3) is 0 Å². The van der Waals surface area contributed by atoms with Gasteiger partial charge in [-0.3, -0.25) is 4.79 Å². The van der Waals surface area contributed by atoms with Gasteiger partial charge in [-0.25, -0.2) is 0 Å². The number of aryl methyl sites for hydroxylation is 2. The van der Waals surface area contributed by atoms with E-state index < -0.39 is 11.0 Å². The number of ketones is 1. The van der Waals surface area contributed by atoms with Gasteiger partial charge in [-0.15, -0.1) is 0 Å². The highest BCUT2D eigenvalue weighted by Crippen LogP contribution is 2.25. The van der Waals surface area contributed by atoms with Gasteiger partial charge in [-0.05, 0) is 25.5 Å². The van der Waals surface area contributed by atoms with Gasteiger partial charge in [0.2, 0.25) is 5.56 Å². The molecule has 1 unspecified atom stereocenters. The summed E-state index contributed by atoms with van der Waals surface area (Å²) in [5.74, 6) is 0.548. The molecule has 1 aromatic rings. The minimum Gasteiger partial charge on any atom is -0.467 e. The molecule has 94 valence electrons. The third kappa shape index (κ3) is 3.74. The number of carbonyl (C=O) groups is 1. The molecule has 1 aromatic carbocycles. The monoisotopic (exact) mass is 254 g/mol. The largest absolute Gasteiger partial charge is 0.467 e. The second kappa shape index (κ2) is 5.09. The average molecular weight is 255 g/mol. The summed E-state index contributed by atoms with van der Waals surface area (Å²) in [6.45, 7) is 9.44. The van der Waals surface area contributed by atoms with Gasteiger partial charge in [0.05, 0.1) is 0 Å². The van der Waals surface area contributed by atoms with Gasteiger partial charge >= 0.3 is 0 Å². The normalized spacial score (nSPS) is 13.3. The molecule has 0 spiro atoms. The van der Waals surface area contributed by atoms with Gasteiger partial charge in [-0.1, -0.05) is 50.1 Å². The van der Waals surface area contributed by atoms with E-state index in [0.29, 0.717) is 5.75 Å². The van der Waals surface area contributed by atoms with Gasteiger partial charge in [0, 0.05) is 5.41 Å². The zero-order valence-corrected chi connectivity index (χ0v) is 11.8. The quantitative estimate of drug-likeness (QED) is 0.766. The summed E-state index contributed by atoms with van der Waals surface area (Å²) in [6, 6.07) is 5.78. The highest BCUT2D eigenvalue weighted by atomic mass is 35.5. The van der Waals surface area contributed by atoms with E-state index in [1.165, 1.54) is 0 Å².